The van der Waals surface area contributed by atoms with Crippen LogP contribution in [-0.4, -0.2) is 74.8 Å². The Kier molecular flexibility index (Phi) is 6.81. The van der Waals surface area contributed by atoms with E-state index in [1.807, 2.05) is 29.2 Å². The molecule has 35 heavy (non-hydrogen) atoms. The maximum atomic E-state index is 14.0. The van der Waals surface area contributed by atoms with Crippen LogP contribution in [0.4, 0.5) is 0 Å². The number of carbonyl (C=O) groups is 2. The van der Waals surface area contributed by atoms with E-state index in [0.717, 1.165) is 55.7 Å². The maximum Gasteiger partial charge on any atom is 0.258 e. The average molecular weight is 475 g/mol. The van der Waals surface area contributed by atoms with Crippen LogP contribution in [0.25, 0.3) is 5.65 Å². The summed E-state index contributed by atoms with van der Waals surface area (Å²) in [6.45, 7) is 3.71. The zero-order valence-electron chi connectivity index (χ0n) is 20.7. The minimum atomic E-state index is -0.132. The lowest BCUT2D eigenvalue weighted by atomic mass is 9.96. The number of likely N-dealkylation sites (tertiary alicyclic amines) is 2. The van der Waals surface area contributed by atoms with E-state index in [2.05, 4.69) is 21.0 Å². The molecule has 4 heterocycles. The van der Waals surface area contributed by atoms with E-state index in [-0.39, 0.29) is 17.9 Å². The summed E-state index contributed by atoms with van der Waals surface area (Å²) in [4.78, 5) is 37.1. The summed E-state index contributed by atoms with van der Waals surface area (Å²) in [5.74, 6) is -0.0584. The summed E-state index contributed by atoms with van der Waals surface area (Å²) in [5, 5.41) is 4.52. The first-order valence-corrected chi connectivity index (χ1v) is 12.7. The third kappa shape index (κ3) is 4.67. The smallest absolute Gasteiger partial charge is 0.258 e. The second-order valence-corrected chi connectivity index (χ2v) is 9.87. The van der Waals surface area contributed by atoms with Gasteiger partial charge in [0.1, 0.15) is 5.56 Å². The van der Waals surface area contributed by atoms with E-state index in [1.54, 1.807) is 31.0 Å². The molecule has 2 amide bonds. The summed E-state index contributed by atoms with van der Waals surface area (Å²) in [6.07, 6.45) is 9.93. The second kappa shape index (κ2) is 10.2. The van der Waals surface area contributed by atoms with E-state index in [9.17, 15) is 9.59 Å². The van der Waals surface area contributed by atoms with Crippen LogP contribution in [0.3, 0.4) is 0 Å². The van der Waals surface area contributed by atoms with Crippen LogP contribution in [0, 0.1) is 0 Å². The molecule has 8 nitrogen and oxygen atoms in total. The minimum absolute atomic E-state index is 0.0732. The van der Waals surface area contributed by atoms with Crippen molar-refractivity contribution < 1.29 is 9.59 Å². The number of rotatable bonds is 5. The molecule has 8 heteroatoms. The third-order valence-electron chi connectivity index (χ3n) is 7.26. The lowest BCUT2D eigenvalue weighted by Gasteiger charge is -2.36. The number of nitrogens with zero attached hydrogens (tertiary/aromatic N) is 6. The average Bonchev–Trinajstić information content (AvgIpc) is 3.33. The summed E-state index contributed by atoms with van der Waals surface area (Å²) < 4.78 is 1.74. The van der Waals surface area contributed by atoms with E-state index in [4.69, 9.17) is 0 Å². The topological polar surface area (TPSA) is 74.1 Å². The summed E-state index contributed by atoms with van der Waals surface area (Å²) in [7, 11) is 3.44. The molecule has 2 fully saturated rings. The minimum Gasteiger partial charge on any atom is -0.345 e. The number of amides is 2. The Hall–Kier alpha value is -3.26. The molecule has 2 saturated heterocycles. The molecule has 2 aliphatic rings. The Bertz CT molecular complexity index is 1210. The van der Waals surface area contributed by atoms with Crippen molar-refractivity contribution in [3.63, 3.8) is 0 Å². The van der Waals surface area contributed by atoms with Gasteiger partial charge in [-0.15, -0.1) is 0 Å². The molecule has 1 aromatic carbocycles. The van der Waals surface area contributed by atoms with Gasteiger partial charge in [0.2, 0.25) is 0 Å². The number of piperidine rings is 2. The first kappa shape index (κ1) is 23.5. The quantitative estimate of drug-likeness (QED) is 0.563. The van der Waals surface area contributed by atoms with Crippen molar-refractivity contribution in [3.05, 3.63) is 65.1 Å². The van der Waals surface area contributed by atoms with E-state index in [0.29, 0.717) is 17.8 Å². The van der Waals surface area contributed by atoms with Gasteiger partial charge in [-0.25, -0.2) is 9.50 Å². The molecule has 5 rings (SSSR count). The Morgan fingerprint density at radius 2 is 1.74 bits per heavy atom. The number of hydrogen-bond acceptors (Lipinski definition) is 5. The van der Waals surface area contributed by atoms with Crippen molar-refractivity contribution in [2.75, 3.05) is 33.7 Å². The third-order valence-corrected chi connectivity index (χ3v) is 7.26. The normalized spacial score (nSPS) is 19.1. The van der Waals surface area contributed by atoms with Crippen molar-refractivity contribution in [1.29, 1.82) is 0 Å². The van der Waals surface area contributed by atoms with Gasteiger partial charge in [-0.05, 0) is 62.9 Å². The van der Waals surface area contributed by atoms with Gasteiger partial charge in [0, 0.05) is 38.9 Å². The SMILES string of the molecule is CN(C)C(=O)c1cnn2c([C@H]3CCCCN3C(=O)c3ccccc3CN3CCCCC3)ccnc12. The Balaban J connectivity index is 1.47. The molecule has 0 N–H and O–H groups in total. The van der Waals surface area contributed by atoms with Crippen molar-refractivity contribution >= 4 is 17.5 Å². The monoisotopic (exact) mass is 474 g/mol. The fourth-order valence-corrected chi connectivity index (χ4v) is 5.42. The van der Waals surface area contributed by atoms with Crippen LogP contribution >= 0.6 is 0 Å². The molecule has 3 aromatic rings. The highest BCUT2D eigenvalue weighted by atomic mass is 16.2. The van der Waals surface area contributed by atoms with Gasteiger partial charge in [0.05, 0.1) is 17.9 Å². The summed E-state index contributed by atoms with van der Waals surface area (Å²) in [5.41, 5.74) is 3.79. The molecular weight excluding hydrogens is 440 g/mol. The Morgan fingerprint density at radius 1 is 0.971 bits per heavy atom. The van der Waals surface area contributed by atoms with Crippen LogP contribution in [0.15, 0.2) is 42.7 Å². The van der Waals surface area contributed by atoms with Gasteiger partial charge in [0.25, 0.3) is 11.8 Å². The zero-order valence-corrected chi connectivity index (χ0v) is 20.7. The van der Waals surface area contributed by atoms with Crippen molar-refractivity contribution in [2.24, 2.45) is 0 Å². The lowest BCUT2D eigenvalue weighted by Crippen LogP contribution is -2.40. The molecular formula is C27H34N6O2. The summed E-state index contributed by atoms with van der Waals surface area (Å²) >= 11 is 0. The highest BCUT2D eigenvalue weighted by molar-refractivity contribution is 5.99. The molecule has 2 aromatic heterocycles. The van der Waals surface area contributed by atoms with Gasteiger partial charge in [0.15, 0.2) is 5.65 Å². The van der Waals surface area contributed by atoms with Gasteiger partial charge in [-0.2, -0.15) is 5.10 Å². The van der Waals surface area contributed by atoms with Crippen LogP contribution in [0.1, 0.15) is 76.5 Å². The molecule has 0 saturated carbocycles. The van der Waals surface area contributed by atoms with Gasteiger partial charge >= 0.3 is 0 Å². The molecule has 0 unspecified atom stereocenters. The number of hydrogen-bond donors (Lipinski definition) is 0. The van der Waals surface area contributed by atoms with Gasteiger partial charge < -0.3 is 9.80 Å². The van der Waals surface area contributed by atoms with Crippen LogP contribution in [0.5, 0.6) is 0 Å². The van der Waals surface area contributed by atoms with E-state index in [1.165, 1.54) is 24.2 Å². The Morgan fingerprint density at radius 3 is 2.54 bits per heavy atom. The van der Waals surface area contributed by atoms with Crippen molar-refractivity contribution in [2.45, 2.75) is 51.1 Å². The van der Waals surface area contributed by atoms with E-state index >= 15 is 0 Å². The largest absolute Gasteiger partial charge is 0.345 e. The second-order valence-electron chi connectivity index (χ2n) is 9.87. The van der Waals surface area contributed by atoms with Crippen LogP contribution in [-0.2, 0) is 6.54 Å². The van der Waals surface area contributed by atoms with Crippen LogP contribution in [0.2, 0.25) is 0 Å². The van der Waals surface area contributed by atoms with Crippen LogP contribution < -0.4 is 0 Å². The lowest BCUT2D eigenvalue weighted by molar-refractivity contribution is 0.0600. The number of benzene rings is 1. The molecule has 1 atom stereocenters. The molecule has 184 valence electrons. The standard InChI is InChI=1S/C27H34N6O2/c1-30(2)26(34)22-18-29-33-24(13-14-28-25(22)33)23-12-6-9-17-32(23)27(35)21-11-5-4-10-20(21)19-31-15-7-3-8-16-31/h4-5,10-11,13-14,18,23H,3,6-9,12,15-17,19H2,1-2H3/t23-/m1/s1. The fraction of sp³-hybridized carbons (Fsp3) is 0.481. The number of fused-ring (bicyclic) bond motifs is 1. The molecule has 0 spiro atoms. The highest BCUT2D eigenvalue weighted by Crippen LogP contribution is 2.33. The molecule has 0 aliphatic carbocycles. The van der Waals surface area contributed by atoms with Gasteiger partial charge in [-0.3, -0.25) is 14.5 Å². The maximum absolute atomic E-state index is 14.0. The number of carbonyl (C=O) groups excluding carboxylic acids is 2. The zero-order chi connectivity index (χ0) is 24.4. The molecule has 0 radical (unpaired) electrons. The first-order chi connectivity index (χ1) is 17.0. The van der Waals surface area contributed by atoms with Crippen molar-refractivity contribution in [3.8, 4) is 0 Å². The molecule has 0 bridgehead atoms. The fourth-order valence-electron chi connectivity index (χ4n) is 5.42. The number of aromatic nitrogens is 3. The molecule has 2 aliphatic heterocycles. The predicted octanol–water partition coefficient (Wildman–Crippen LogP) is 3.78. The predicted molar refractivity (Wildman–Crippen MR) is 134 cm³/mol. The van der Waals surface area contributed by atoms with Crippen molar-refractivity contribution in [1.82, 2.24) is 29.3 Å². The Labute approximate surface area is 206 Å². The van der Waals surface area contributed by atoms with E-state index < -0.39 is 0 Å². The summed E-state index contributed by atoms with van der Waals surface area (Å²) in [6, 6.07) is 9.87. The first-order valence-electron chi connectivity index (χ1n) is 12.7. The highest BCUT2D eigenvalue weighted by Gasteiger charge is 2.32. The van der Waals surface area contributed by atoms with Gasteiger partial charge in [-0.1, -0.05) is 24.6 Å².